The lowest BCUT2D eigenvalue weighted by Crippen LogP contribution is -2.59. The highest BCUT2D eigenvalue weighted by Gasteiger charge is 2.48. The average Bonchev–Trinajstić information content (AvgIpc) is 2.83. The quantitative estimate of drug-likeness (QED) is 0.744. The van der Waals surface area contributed by atoms with Crippen molar-refractivity contribution in [3.05, 3.63) is 17.5 Å². The van der Waals surface area contributed by atoms with Gasteiger partial charge in [-0.3, -0.25) is 10.00 Å². The Morgan fingerprint density at radius 3 is 2.76 bits per heavy atom. The summed E-state index contributed by atoms with van der Waals surface area (Å²) in [5.74, 6) is 0. The lowest BCUT2D eigenvalue weighted by Gasteiger charge is -2.49. The molecule has 0 aromatic carbocycles. The molecule has 3 heterocycles. The van der Waals surface area contributed by atoms with Gasteiger partial charge in [-0.15, -0.1) is 0 Å². The van der Waals surface area contributed by atoms with Gasteiger partial charge in [0, 0.05) is 31.7 Å². The number of aliphatic hydroxyl groups excluding tert-OH is 1. The van der Waals surface area contributed by atoms with Crippen molar-refractivity contribution in [1.29, 1.82) is 0 Å². The zero-order chi connectivity index (χ0) is 15.1. The number of aryl methyl sites for hydroxylation is 1. The van der Waals surface area contributed by atoms with Gasteiger partial charge in [-0.2, -0.15) is 5.10 Å². The zero-order valence-electron chi connectivity index (χ0n) is 12.8. The third-order valence-corrected chi connectivity index (χ3v) is 4.86. The Kier molecular flexibility index (Phi) is 3.81. The number of H-pyrrole nitrogens is 1. The van der Waals surface area contributed by atoms with Crippen LogP contribution in [0.25, 0.3) is 0 Å². The minimum Gasteiger partial charge on any atom is -0.388 e. The van der Waals surface area contributed by atoms with E-state index in [0.29, 0.717) is 6.42 Å². The van der Waals surface area contributed by atoms with Crippen molar-refractivity contribution in [3.63, 3.8) is 0 Å². The first-order valence-corrected chi connectivity index (χ1v) is 7.66. The monoisotopic (exact) mass is 295 g/mol. The number of aromatic amines is 1. The molecule has 0 bridgehead atoms. The van der Waals surface area contributed by atoms with Crippen molar-refractivity contribution in [3.8, 4) is 0 Å². The van der Waals surface area contributed by atoms with Crippen molar-refractivity contribution in [2.75, 3.05) is 19.7 Å². The molecule has 2 aliphatic heterocycles. The molecule has 2 atom stereocenters. The number of aromatic nitrogens is 2. The van der Waals surface area contributed by atoms with Crippen LogP contribution in [0, 0.1) is 6.92 Å². The maximum atomic E-state index is 10.3. The van der Waals surface area contributed by atoms with Crippen LogP contribution in [0.15, 0.2) is 6.07 Å². The van der Waals surface area contributed by atoms with E-state index in [4.69, 9.17) is 4.74 Å². The van der Waals surface area contributed by atoms with Gasteiger partial charge in [-0.05, 0) is 32.8 Å². The topological polar surface area (TPSA) is 81.6 Å². The van der Waals surface area contributed by atoms with E-state index in [1.807, 2.05) is 6.92 Å². The standard InChI is InChI=1S/C15H25N3O3/c1-11-7-12(17-16-11)8-18-5-3-15(4-6-18)10-14(2,20)13(19)9-21-15/h7,13,19-20H,3-6,8-10H2,1-2H3,(H,16,17)/t13-,14-/m0/s1. The molecule has 3 rings (SSSR count). The van der Waals surface area contributed by atoms with Gasteiger partial charge < -0.3 is 14.9 Å². The summed E-state index contributed by atoms with van der Waals surface area (Å²) < 4.78 is 5.90. The number of piperidine rings is 1. The summed E-state index contributed by atoms with van der Waals surface area (Å²) in [6.07, 6.45) is 1.50. The van der Waals surface area contributed by atoms with Gasteiger partial charge in [-0.25, -0.2) is 0 Å². The first-order chi connectivity index (χ1) is 9.89. The van der Waals surface area contributed by atoms with E-state index in [2.05, 4.69) is 21.2 Å². The van der Waals surface area contributed by atoms with Gasteiger partial charge in [0.05, 0.1) is 23.5 Å². The van der Waals surface area contributed by atoms with Crippen LogP contribution in [-0.2, 0) is 11.3 Å². The fraction of sp³-hybridized carbons (Fsp3) is 0.800. The van der Waals surface area contributed by atoms with Crippen LogP contribution in [0.2, 0.25) is 0 Å². The van der Waals surface area contributed by atoms with E-state index >= 15 is 0 Å². The van der Waals surface area contributed by atoms with E-state index in [-0.39, 0.29) is 12.2 Å². The average molecular weight is 295 g/mol. The van der Waals surface area contributed by atoms with Crippen molar-refractivity contribution >= 4 is 0 Å². The second-order valence-corrected chi connectivity index (χ2v) is 6.86. The maximum absolute atomic E-state index is 10.3. The molecule has 2 saturated heterocycles. The van der Waals surface area contributed by atoms with Gasteiger partial charge in [0.25, 0.3) is 0 Å². The van der Waals surface area contributed by atoms with Crippen LogP contribution in [0.4, 0.5) is 0 Å². The molecular weight excluding hydrogens is 270 g/mol. The Bertz CT molecular complexity index is 492. The predicted octanol–water partition coefficient (Wildman–Crippen LogP) is 0.585. The molecular formula is C15H25N3O3. The molecule has 2 aliphatic rings. The minimum absolute atomic E-state index is 0.228. The van der Waals surface area contributed by atoms with Crippen LogP contribution in [0.3, 0.4) is 0 Å². The highest BCUT2D eigenvalue weighted by Crippen LogP contribution is 2.39. The summed E-state index contributed by atoms with van der Waals surface area (Å²) in [5.41, 5.74) is 0.829. The van der Waals surface area contributed by atoms with Gasteiger partial charge in [-0.1, -0.05) is 0 Å². The first kappa shape index (κ1) is 15.0. The first-order valence-electron chi connectivity index (χ1n) is 7.66. The number of nitrogens with one attached hydrogen (secondary N) is 1. The summed E-state index contributed by atoms with van der Waals surface area (Å²) in [5, 5.41) is 27.4. The van der Waals surface area contributed by atoms with Crippen LogP contribution < -0.4 is 0 Å². The molecule has 0 unspecified atom stereocenters. The van der Waals surface area contributed by atoms with E-state index in [1.165, 1.54) is 0 Å². The third kappa shape index (κ3) is 3.13. The highest BCUT2D eigenvalue weighted by molar-refractivity contribution is 5.07. The summed E-state index contributed by atoms with van der Waals surface area (Å²) in [4.78, 5) is 2.37. The Morgan fingerprint density at radius 1 is 1.48 bits per heavy atom. The van der Waals surface area contributed by atoms with Crippen molar-refractivity contribution in [2.24, 2.45) is 0 Å². The lowest BCUT2D eigenvalue weighted by atomic mass is 9.76. The Labute approximate surface area is 125 Å². The number of aliphatic hydroxyl groups is 2. The molecule has 21 heavy (non-hydrogen) atoms. The summed E-state index contributed by atoms with van der Waals surface area (Å²) >= 11 is 0. The molecule has 0 amide bonds. The normalized spacial score (nSPS) is 33.4. The van der Waals surface area contributed by atoms with Gasteiger partial charge >= 0.3 is 0 Å². The summed E-state index contributed by atoms with van der Waals surface area (Å²) in [6, 6.07) is 2.07. The van der Waals surface area contributed by atoms with Gasteiger partial charge in [0.15, 0.2) is 0 Å². The van der Waals surface area contributed by atoms with E-state index in [0.717, 1.165) is 43.9 Å². The van der Waals surface area contributed by atoms with Gasteiger partial charge in [0.2, 0.25) is 0 Å². The Morgan fingerprint density at radius 2 is 2.19 bits per heavy atom. The number of rotatable bonds is 2. The van der Waals surface area contributed by atoms with Gasteiger partial charge in [0.1, 0.15) is 6.10 Å². The van der Waals surface area contributed by atoms with E-state index < -0.39 is 11.7 Å². The second kappa shape index (κ2) is 5.35. The molecule has 2 fully saturated rings. The smallest absolute Gasteiger partial charge is 0.106 e. The highest BCUT2D eigenvalue weighted by atomic mass is 16.5. The van der Waals surface area contributed by atoms with Crippen molar-refractivity contribution in [1.82, 2.24) is 15.1 Å². The van der Waals surface area contributed by atoms with E-state index in [1.54, 1.807) is 6.92 Å². The summed E-state index contributed by atoms with van der Waals surface area (Å²) in [7, 11) is 0. The predicted molar refractivity (Wildman–Crippen MR) is 77.8 cm³/mol. The van der Waals surface area contributed by atoms with Crippen LogP contribution in [0.5, 0.6) is 0 Å². The number of ether oxygens (including phenoxy) is 1. The fourth-order valence-electron chi connectivity index (χ4n) is 3.48. The van der Waals surface area contributed by atoms with E-state index in [9.17, 15) is 10.2 Å². The number of likely N-dealkylation sites (tertiary alicyclic amines) is 1. The fourth-order valence-corrected chi connectivity index (χ4v) is 3.48. The van der Waals surface area contributed by atoms with Crippen LogP contribution in [-0.4, -0.2) is 62.3 Å². The maximum Gasteiger partial charge on any atom is 0.106 e. The molecule has 6 heteroatoms. The molecule has 6 nitrogen and oxygen atoms in total. The summed E-state index contributed by atoms with van der Waals surface area (Å²) in [6.45, 7) is 6.65. The number of nitrogens with zero attached hydrogens (tertiary/aromatic N) is 2. The molecule has 1 aromatic rings. The molecule has 0 radical (unpaired) electrons. The second-order valence-electron chi connectivity index (χ2n) is 6.86. The molecule has 1 spiro atoms. The molecule has 3 N–H and O–H groups in total. The Balaban J connectivity index is 1.57. The van der Waals surface area contributed by atoms with Crippen LogP contribution >= 0.6 is 0 Å². The minimum atomic E-state index is -1.04. The molecule has 0 saturated carbocycles. The lowest BCUT2D eigenvalue weighted by molar-refractivity contribution is -0.223. The Hall–Kier alpha value is -0.950. The SMILES string of the molecule is Cc1cc(CN2CCC3(CC2)C[C@](C)(O)[C@@H](O)CO3)n[nH]1. The molecule has 118 valence electrons. The molecule has 0 aliphatic carbocycles. The van der Waals surface area contributed by atoms with Crippen molar-refractivity contribution < 1.29 is 14.9 Å². The van der Waals surface area contributed by atoms with Crippen LogP contribution in [0.1, 0.15) is 37.6 Å². The largest absolute Gasteiger partial charge is 0.388 e. The van der Waals surface area contributed by atoms with Crippen molar-refractivity contribution in [2.45, 2.75) is 57.0 Å². The number of hydrogen-bond acceptors (Lipinski definition) is 5. The number of hydrogen-bond donors (Lipinski definition) is 3. The third-order valence-electron chi connectivity index (χ3n) is 4.86. The molecule has 1 aromatic heterocycles. The zero-order valence-corrected chi connectivity index (χ0v) is 12.8.